The lowest BCUT2D eigenvalue weighted by Gasteiger charge is -2.14. The van der Waals surface area contributed by atoms with Gasteiger partial charge in [0.25, 0.3) is 0 Å². The lowest BCUT2D eigenvalue weighted by molar-refractivity contribution is -0.129. The molecule has 1 aromatic rings. The third kappa shape index (κ3) is 5.96. The van der Waals surface area contributed by atoms with Gasteiger partial charge >= 0.3 is 0 Å². The second kappa shape index (κ2) is 10.1. The summed E-state index contributed by atoms with van der Waals surface area (Å²) < 4.78 is 6.32. The van der Waals surface area contributed by atoms with Crippen molar-refractivity contribution in [1.82, 2.24) is 15.1 Å². The summed E-state index contributed by atoms with van der Waals surface area (Å²) >= 11 is 2.88. The van der Waals surface area contributed by atoms with Crippen molar-refractivity contribution in [2.24, 2.45) is 0 Å². The highest BCUT2D eigenvalue weighted by Gasteiger charge is 2.16. The first-order valence-corrected chi connectivity index (χ1v) is 9.36. The number of hydrogen-bond acceptors (Lipinski definition) is 9. The van der Waals surface area contributed by atoms with Gasteiger partial charge in [-0.15, -0.1) is 10.2 Å². The van der Waals surface area contributed by atoms with Gasteiger partial charge < -0.3 is 15.0 Å². The van der Waals surface area contributed by atoms with Crippen LogP contribution >= 0.6 is 23.1 Å². The molecule has 1 N–H and O–H groups in total. The largest absolute Gasteiger partial charge is 0.376 e. The summed E-state index contributed by atoms with van der Waals surface area (Å²) in [5.41, 5.74) is 0. The zero-order valence-electron chi connectivity index (χ0n) is 13.1. The van der Waals surface area contributed by atoms with Crippen molar-refractivity contribution in [2.45, 2.75) is 29.7 Å². The van der Waals surface area contributed by atoms with Crippen LogP contribution in [0.3, 0.4) is 0 Å². The number of ether oxygens (including phenoxy) is 1. The SMILES string of the molecule is N#CCN(CC#N)C(=O)CCSc1nnc(NC[C@@H]2CCCO2)s1. The summed E-state index contributed by atoms with van der Waals surface area (Å²) in [6.07, 6.45) is 2.67. The van der Waals surface area contributed by atoms with E-state index in [0.717, 1.165) is 35.5 Å². The Balaban J connectivity index is 1.69. The molecule has 1 atom stereocenters. The summed E-state index contributed by atoms with van der Waals surface area (Å²) in [4.78, 5) is 13.2. The molecule has 1 fully saturated rings. The van der Waals surface area contributed by atoms with E-state index in [2.05, 4.69) is 15.5 Å². The van der Waals surface area contributed by atoms with Gasteiger partial charge in [0, 0.05) is 25.3 Å². The zero-order chi connectivity index (χ0) is 17.2. The molecule has 1 saturated heterocycles. The van der Waals surface area contributed by atoms with Crippen LogP contribution in [0.25, 0.3) is 0 Å². The average molecular weight is 366 g/mol. The van der Waals surface area contributed by atoms with Crippen molar-refractivity contribution >= 4 is 34.1 Å². The second-order valence-corrected chi connectivity index (χ2v) is 7.37. The van der Waals surface area contributed by atoms with Crippen LogP contribution in [0.5, 0.6) is 0 Å². The van der Waals surface area contributed by atoms with E-state index < -0.39 is 0 Å². The number of aromatic nitrogens is 2. The number of carbonyl (C=O) groups is 1. The number of anilines is 1. The molecule has 1 aliphatic rings. The Bertz CT molecular complexity index is 602. The van der Waals surface area contributed by atoms with Gasteiger partial charge in [-0.25, -0.2) is 0 Å². The third-order valence-electron chi connectivity index (χ3n) is 3.33. The number of nitrogens with zero attached hydrogens (tertiary/aromatic N) is 5. The molecule has 0 aliphatic carbocycles. The number of hydrogen-bond donors (Lipinski definition) is 1. The minimum atomic E-state index is -0.202. The molecular weight excluding hydrogens is 348 g/mol. The molecule has 0 bridgehead atoms. The van der Waals surface area contributed by atoms with Gasteiger partial charge in [0.2, 0.25) is 11.0 Å². The summed E-state index contributed by atoms with van der Waals surface area (Å²) in [6, 6.07) is 3.78. The van der Waals surface area contributed by atoms with Crippen LogP contribution in [0.1, 0.15) is 19.3 Å². The number of thioether (sulfide) groups is 1. The van der Waals surface area contributed by atoms with Crippen LogP contribution in [0.4, 0.5) is 5.13 Å². The molecule has 0 saturated carbocycles. The molecule has 1 aromatic heterocycles. The molecule has 2 rings (SSSR count). The quantitative estimate of drug-likeness (QED) is 0.516. The third-order valence-corrected chi connectivity index (χ3v) is 5.34. The van der Waals surface area contributed by atoms with Gasteiger partial charge in [-0.3, -0.25) is 4.79 Å². The Labute approximate surface area is 148 Å². The van der Waals surface area contributed by atoms with E-state index in [1.165, 1.54) is 28.0 Å². The van der Waals surface area contributed by atoms with E-state index >= 15 is 0 Å². The van der Waals surface area contributed by atoms with Gasteiger partial charge in [0.05, 0.1) is 18.2 Å². The van der Waals surface area contributed by atoms with Crippen LogP contribution < -0.4 is 5.32 Å². The van der Waals surface area contributed by atoms with Crippen LogP contribution in [0.2, 0.25) is 0 Å². The first-order valence-electron chi connectivity index (χ1n) is 7.56. The number of nitrogens with one attached hydrogen (secondary N) is 1. The minimum Gasteiger partial charge on any atom is -0.376 e. The Kier molecular flexibility index (Phi) is 7.75. The monoisotopic (exact) mass is 366 g/mol. The smallest absolute Gasteiger partial charge is 0.225 e. The fraction of sp³-hybridized carbons (Fsp3) is 0.643. The van der Waals surface area contributed by atoms with E-state index in [1.807, 2.05) is 12.1 Å². The predicted octanol–water partition coefficient (Wildman–Crippen LogP) is 1.49. The first-order chi connectivity index (χ1) is 11.7. The summed E-state index contributed by atoms with van der Waals surface area (Å²) in [5.74, 6) is 0.332. The molecule has 128 valence electrons. The highest BCUT2D eigenvalue weighted by Crippen LogP contribution is 2.26. The zero-order valence-corrected chi connectivity index (χ0v) is 14.7. The van der Waals surface area contributed by atoms with Crippen molar-refractivity contribution < 1.29 is 9.53 Å². The van der Waals surface area contributed by atoms with Gasteiger partial charge in [-0.05, 0) is 12.8 Å². The molecule has 10 heteroatoms. The number of carbonyl (C=O) groups excluding carboxylic acids is 1. The summed E-state index contributed by atoms with van der Waals surface area (Å²) in [5, 5.41) is 29.4. The maximum atomic E-state index is 11.9. The maximum Gasteiger partial charge on any atom is 0.225 e. The van der Waals surface area contributed by atoms with Crippen molar-refractivity contribution in [1.29, 1.82) is 10.5 Å². The fourth-order valence-corrected chi connectivity index (χ4v) is 3.89. The normalized spacial score (nSPS) is 16.3. The highest BCUT2D eigenvalue weighted by atomic mass is 32.2. The molecule has 8 nitrogen and oxygen atoms in total. The topological polar surface area (TPSA) is 115 Å². The van der Waals surface area contributed by atoms with Crippen molar-refractivity contribution in [3.05, 3.63) is 0 Å². The van der Waals surface area contributed by atoms with Crippen LogP contribution in [-0.2, 0) is 9.53 Å². The lowest BCUT2D eigenvalue weighted by atomic mass is 10.2. The summed E-state index contributed by atoms with van der Waals surface area (Å²) in [7, 11) is 0. The van der Waals surface area contributed by atoms with E-state index in [-0.39, 0.29) is 31.5 Å². The fourth-order valence-electron chi connectivity index (χ4n) is 2.13. The Morgan fingerprint density at radius 3 is 2.88 bits per heavy atom. The molecule has 0 aromatic carbocycles. The number of nitriles is 2. The average Bonchev–Trinajstić information content (AvgIpc) is 3.24. The van der Waals surface area contributed by atoms with Gasteiger partial charge in [-0.1, -0.05) is 23.1 Å². The number of amides is 1. The first kappa shape index (κ1) is 18.5. The predicted molar refractivity (Wildman–Crippen MR) is 90.5 cm³/mol. The summed E-state index contributed by atoms with van der Waals surface area (Å²) in [6.45, 7) is 1.43. The Morgan fingerprint density at radius 1 is 1.42 bits per heavy atom. The molecule has 1 aliphatic heterocycles. The molecule has 0 spiro atoms. The van der Waals surface area contributed by atoms with Crippen molar-refractivity contribution in [2.75, 3.05) is 37.3 Å². The highest BCUT2D eigenvalue weighted by molar-refractivity contribution is 8.01. The van der Waals surface area contributed by atoms with Crippen LogP contribution in [0, 0.1) is 22.7 Å². The second-order valence-electron chi connectivity index (χ2n) is 5.05. The maximum absolute atomic E-state index is 11.9. The Hall–Kier alpha value is -1.88. The molecule has 1 amide bonds. The van der Waals surface area contributed by atoms with Crippen molar-refractivity contribution in [3.63, 3.8) is 0 Å². The van der Waals surface area contributed by atoms with E-state index in [4.69, 9.17) is 15.3 Å². The molecule has 0 radical (unpaired) electrons. The van der Waals surface area contributed by atoms with E-state index in [9.17, 15) is 4.79 Å². The molecule has 0 unspecified atom stereocenters. The van der Waals surface area contributed by atoms with Gasteiger partial charge in [0.1, 0.15) is 13.1 Å². The lowest BCUT2D eigenvalue weighted by Crippen LogP contribution is -2.31. The van der Waals surface area contributed by atoms with E-state index in [1.54, 1.807) is 0 Å². The Morgan fingerprint density at radius 2 is 2.21 bits per heavy atom. The molecule has 24 heavy (non-hydrogen) atoms. The minimum absolute atomic E-state index is 0.0623. The van der Waals surface area contributed by atoms with Gasteiger partial charge in [-0.2, -0.15) is 10.5 Å². The van der Waals surface area contributed by atoms with Crippen LogP contribution in [0.15, 0.2) is 4.34 Å². The van der Waals surface area contributed by atoms with Gasteiger partial charge in [0.15, 0.2) is 4.34 Å². The standard InChI is InChI=1S/C14H18N6O2S2/c15-4-6-20(7-5-16)12(21)3-9-23-14-19-18-13(24-14)17-10-11-2-1-8-22-11/h11H,1-3,6-10H2,(H,17,18)/t11-/m0/s1. The number of rotatable bonds is 9. The molecule has 2 heterocycles. The van der Waals surface area contributed by atoms with E-state index in [0.29, 0.717) is 5.75 Å². The van der Waals surface area contributed by atoms with Crippen molar-refractivity contribution in [3.8, 4) is 12.1 Å². The van der Waals surface area contributed by atoms with Crippen LogP contribution in [-0.4, -0.2) is 59.1 Å². The molecular formula is C14H18N6O2S2.